The number of rotatable bonds is 2. The van der Waals surface area contributed by atoms with Crippen molar-refractivity contribution >= 4 is 15.9 Å². The molecule has 0 aliphatic carbocycles. The van der Waals surface area contributed by atoms with Gasteiger partial charge in [0.1, 0.15) is 0 Å². The third-order valence-corrected chi connectivity index (χ3v) is 1.90. The zero-order valence-electron chi connectivity index (χ0n) is 6.35. The highest BCUT2D eigenvalue weighted by Gasteiger charge is 2.11. The number of hydrogen-bond acceptors (Lipinski definition) is 2. The van der Waals surface area contributed by atoms with Gasteiger partial charge in [-0.15, -0.1) is 0 Å². The van der Waals surface area contributed by atoms with E-state index in [2.05, 4.69) is 27.8 Å². The predicted octanol–water partition coefficient (Wildman–Crippen LogP) is 1.10. The number of hydrogen-bond donors (Lipinski definition) is 0. The van der Waals surface area contributed by atoms with E-state index in [1.54, 1.807) is 0 Å². The molecule has 1 heterocycles. The molecule has 10 heavy (non-hydrogen) atoms. The van der Waals surface area contributed by atoms with Crippen molar-refractivity contribution in [2.75, 3.05) is 32.8 Å². The molecule has 1 atom stereocenters. The van der Waals surface area contributed by atoms with E-state index in [1.165, 1.54) is 0 Å². The molecule has 0 radical (unpaired) electrons. The van der Waals surface area contributed by atoms with E-state index in [0.717, 1.165) is 32.8 Å². The first-order chi connectivity index (χ1) is 4.79. The Morgan fingerprint density at radius 2 is 2.10 bits per heavy atom. The Morgan fingerprint density at radius 1 is 1.50 bits per heavy atom. The maximum atomic E-state index is 5.22. The van der Waals surface area contributed by atoms with Crippen molar-refractivity contribution in [2.24, 2.45) is 0 Å². The minimum atomic E-state index is 0.602. The van der Waals surface area contributed by atoms with Crippen molar-refractivity contribution < 1.29 is 4.74 Å². The molecule has 3 heteroatoms. The van der Waals surface area contributed by atoms with Crippen molar-refractivity contribution in [3.63, 3.8) is 0 Å². The van der Waals surface area contributed by atoms with Gasteiger partial charge in [0.25, 0.3) is 0 Å². The van der Waals surface area contributed by atoms with Crippen LogP contribution in [-0.2, 0) is 4.74 Å². The van der Waals surface area contributed by atoms with Crippen LogP contribution in [0.15, 0.2) is 0 Å². The summed E-state index contributed by atoms with van der Waals surface area (Å²) in [4.78, 5) is 3.02. The Hall–Kier alpha value is 0.400. The number of morpholine rings is 1. The molecule has 0 amide bonds. The quantitative estimate of drug-likeness (QED) is 0.630. The van der Waals surface area contributed by atoms with E-state index in [9.17, 15) is 0 Å². The summed E-state index contributed by atoms with van der Waals surface area (Å²) in [5.74, 6) is 0. The number of nitrogens with zero attached hydrogens (tertiary/aromatic N) is 1. The fourth-order valence-corrected chi connectivity index (χ4v) is 1.55. The van der Waals surface area contributed by atoms with Crippen LogP contribution in [0.25, 0.3) is 0 Å². The number of ether oxygens (including phenoxy) is 1. The van der Waals surface area contributed by atoms with Crippen molar-refractivity contribution in [2.45, 2.75) is 11.8 Å². The Morgan fingerprint density at radius 3 is 2.60 bits per heavy atom. The fraction of sp³-hybridized carbons (Fsp3) is 1.00. The first-order valence-corrected chi connectivity index (χ1v) is 4.65. The third-order valence-electron chi connectivity index (χ3n) is 1.61. The van der Waals surface area contributed by atoms with Crippen LogP contribution in [-0.4, -0.2) is 42.6 Å². The van der Waals surface area contributed by atoms with Gasteiger partial charge in [0.2, 0.25) is 0 Å². The zero-order chi connectivity index (χ0) is 7.40. The Balaban J connectivity index is 2.13. The van der Waals surface area contributed by atoms with Crippen LogP contribution in [0.3, 0.4) is 0 Å². The first-order valence-electron chi connectivity index (χ1n) is 3.73. The summed E-state index contributed by atoms with van der Waals surface area (Å²) >= 11 is 3.53. The lowest BCUT2D eigenvalue weighted by atomic mass is 10.4. The van der Waals surface area contributed by atoms with E-state index >= 15 is 0 Å². The lowest BCUT2D eigenvalue weighted by molar-refractivity contribution is 0.0388. The minimum absolute atomic E-state index is 0.602. The van der Waals surface area contributed by atoms with Gasteiger partial charge in [0.05, 0.1) is 13.2 Å². The second-order valence-electron chi connectivity index (χ2n) is 2.69. The minimum Gasteiger partial charge on any atom is -0.379 e. The van der Waals surface area contributed by atoms with Crippen molar-refractivity contribution in [3.05, 3.63) is 0 Å². The largest absolute Gasteiger partial charge is 0.379 e. The van der Waals surface area contributed by atoms with E-state index in [0.29, 0.717) is 4.83 Å². The summed E-state index contributed by atoms with van der Waals surface area (Å²) in [5.41, 5.74) is 0. The summed E-state index contributed by atoms with van der Waals surface area (Å²) in [7, 11) is 0. The van der Waals surface area contributed by atoms with Crippen LogP contribution in [0, 0.1) is 0 Å². The second-order valence-corrected chi connectivity index (χ2v) is 4.26. The lowest BCUT2D eigenvalue weighted by Crippen LogP contribution is -2.39. The molecule has 0 aromatic carbocycles. The molecule has 60 valence electrons. The molecular weight excluding hydrogens is 194 g/mol. The van der Waals surface area contributed by atoms with Crippen molar-refractivity contribution in [1.29, 1.82) is 0 Å². The van der Waals surface area contributed by atoms with Crippen LogP contribution in [0.1, 0.15) is 6.92 Å². The average Bonchev–Trinajstić information content (AvgIpc) is 1.88. The van der Waals surface area contributed by atoms with Gasteiger partial charge >= 0.3 is 0 Å². The molecule has 2 nitrogen and oxygen atoms in total. The van der Waals surface area contributed by atoms with Gasteiger partial charge in [-0.25, -0.2) is 0 Å². The lowest BCUT2D eigenvalue weighted by Gasteiger charge is -2.27. The van der Waals surface area contributed by atoms with Crippen LogP contribution < -0.4 is 0 Å². The highest BCUT2D eigenvalue weighted by atomic mass is 79.9. The summed E-state index contributed by atoms with van der Waals surface area (Å²) in [5, 5.41) is 0. The third kappa shape index (κ3) is 2.99. The smallest absolute Gasteiger partial charge is 0.0594 e. The molecule has 1 aliphatic heterocycles. The summed E-state index contributed by atoms with van der Waals surface area (Å²) in [6.45, 7) is 7.31. The topological polar surface area (TPSA) is 12.5 Å². The molecular formula is C7H14BrNO. The highest BCUT2D eigenvalue weighted by Crippen LogP contribution is 2.03. The van der Waals surface area contributed by atoms with Crippen molar-refractivity contribution in [1.82, 2.24) is 4.90 Å². The summed E-state index contributed by atoms with van der Waals surface area (Å²) in [6.07, 6.45) is 0. The Labute approximate surface area is 70.7 Å². The van der Waals surface area contributed by atoms with Gasteiger partial charge in [-0.3, -0.25) is 4.90 Å². The molecule has 0 bridgehead atoms. The van der Waals surface area contributed by atoms with Gasteiger partial charge < -0.3 is 4.74 Å². The Kier molecular flexibility index (Phi) is 3.66. The van der Waals surface area contributed by atoms with E-state index in [-0.39, 0.29) is 0 Å². The van der Waals surface area contributed by atoms with Gasteiger partial charge in [0, 0.05) is 24.5 Å². The molecule has 0 aromatic heterocycles. The molecule has 0 N–H and O–H groups in total. The molecule has 1 fully saturated rings. The molecule has 1 rings (SSSR count). The number of alkyl halides is 1. The Bertz CT molecular complexity index is 91.6. The fourth-order valence-electron chi connectivity index (χ4n) is 1.14. The molecule has 0 spiro atoms. The van der Waals surface area contributed by atoms with Crippen LogP contribution in [0.5, 0.6) is 0 Å². The molecule has 0 unspecified atom stereocenters. The van der Waals surface area contributed by atoms with Crippen molar-refractivity contribution in [3.8, 4) is 0 Å². The van der Waals surface area contributed by atoms with E-state index < -0.39 is 0 Å². The number of halogens is 1. The first kappa shape index (κ1) is 8.50. The monoisotopic (exact) mass is 207 g/mol. The van der Waals surface area contributed by atoms with Crippen LogP contribution in [0.2, 0.25) is 0 Å². The SMILES string of the molecule is C[C@H](Br)CN1CCOCC1. The predicted molar refractivity (Wildman–Crippen MR) is 45.6 cm³/mol. The van der Waals surface area contributed by atoms with Gasteiger partial charge in [0.15, 0.2) is 0 Å². The molecule has 0 aromatic rings. The molecule has 0 saturated carbocycles. The molecule has 1 saturated heterocycles. The maximum Gasteiger partial charge on any atom is 0.0594 e. The summed E-state index contributed by atoms with van der Waals surface area (Å²) in [6, 6.07) is 0. The molecule has 1 aliphatic rings. The van der Waals surface area contributed by atoms with E-state index in [1.807, 2.05) is 0 Å². The van der Waals surface area contributed by atoms with Gasteiger partial charge in [-0.1, -0.05) is 22.9 Å². The van der Waals surface area contributed by atoms with Crippen LogP contribution >= 0.6 is 15.9 Å². The van der Waals surface area contributed by atoms with Gasteiger partial charge in [-0.05, 0) is 0 Å². The van der Waals surface area contributed by atoms with E-state index in [4.69, 9.17) is 4.74 Å². The highest BCUT2D eigenvalue weighted by molar-refractivity contribution is 9.09. The second kappa shape index (κ2) is 4.31. The summed E-state index contributed by atoms with van der Waals surface area (Å²) < 4.78 is 5.22. The standard InChI is InChI=1S/C7H14BrNO/c1-7(8)6-9-2-4-10-5-3-9/h7H,2-6H2,1H3/t7-/m0/s1. The van der Waals surface area contributed by atoms with Gasteiger partial charge in [-0.2, -0.15) is 0 Å². The normalized spacial score (nSPS) is 24.6. The average molecular weight is 208 g/mol. The maximum absolute atomic E-state index is 5.22. The zero-order valence-corrected chi connectivity index (χ0v) is 7.93. The van der Waals surface area contributed by atoms with Crippen LogP contribution in [0.4, 0.5) is 0 Å².